The lowest BCUT2D eigenvalue weighted by atomic mass is 9.72. The van der Waals surface area contributed by atoms with E-state index in [4.69, 9.17) is 14.0 Å². The Morgan fingerprint density at radius 2 is 1.61 bits per heavy atom. The summed E-state index contributed by atoms with van der Waals surface area (Å²) in [7, 11) is 0.796. The molecule has 5 heteroatoms. The van der Waals surface area contributed by atoms with Gasteiger partial charge in [0, 0.05) is 0 Å². The Bertz CT molecular complexity index is 598. The number of ether oxygens (including phenoxy) is 1. The van der Waals surface area contributed by atoms with Gasteiger partial charge in [0.25, 0.3) is 0 Å². The topological polar surface area (TPSA) is 44.8 Å². The highest BCUT2D eigenvalue weighted by Crippen LogP contribution is 2.37. The number of benzene rings is 1. The third-order valence-electron chi connectivity index (χ3n) is 4.83. The van der Waals surface area contributed by atoms with Gasteiger partial charge in [0.2, 0.25) is 0 Å². The molecule has 0 amide bonds. The van der Waals surface area contributed by atoms with Gasteiger partial charge in [-0.3, -0.25) is 0 Å². The van der Waals surface area contributed by atoms with Gasteiger partial charge in [-0.15, -0.1) is 0 Å². The van der Waals surface area contributed by atoms with Gasteiger partial charge in [-0.05, 0) is 50.2 Å². The maximum atomic E-state index is 12.1. The van der Waals surface area contributed by atoms with E-state index < -0.39 is 18.3 Å². The Morgan fingerprint density at radius 3 is 2.04 bits per heavy atom. The molecule has 0 saturated carbocycles. The molecule has 0 bridgehead atoms. The maximum absolute atomic E-state index is 12.1. The molecule has 126 valence electrons. The van der Waals surface area contributed by atoms with Crippen LogP contribution in [0.3, 0.4) is 0 Å². The molecule has 0 spiro atoms. The summed E-state index contributed by atoms with van der Waals surface area (Å²) in [5.74, 6) is -0.379. The molecular weight excluding hydrogens is 291 g/mol. The van der Waals surface area contributed by atoms with Gasteiger partial charge in [-0.25, -0.2) is 4.79 Å². The maximum Gasteiger partial charge on any atom is 0.495 e. The fourth-order valence-electron chi connectivity index (χ4n) is 2.49. The molecule has 0 N–H and O–H groups in total. The van der Waals surface area contributed by atoms with Crippen LogP contribution in [0.5, 0.6) is 0 Å². The summed E-state index contributed by atoms with van der Waals surface area (Å²) in [4.78, 5) is 12.1. The summed E-state index contributed by atoms with van der Waals surface area (Å²) in [6.07, 6.45) is 0. The second kappa shape index (κ2) is 5.64. The number of carbonyl (C=O) groups is 1. The van der Waals surface area contributed by atoms with Crippen LogP contribution in [-0.4, -0.2) is 31.4 Å². The van der Waals surface area contributed by atoms with E-state index in [0.717, 1.165) is 11.0 Å². The minimum atomic E-state index is -0.587. The fourth-order valence-corrected chi connectivity index (χ4v) is 2.49. The zero-order valence-corrected chi connectivity index (χ0v) is 15.4. The number of methoxy groups -OCH3 is 1. The zero-order valence-electron chi connectivity index (χ0n) is 15.4. The Labute approximate surface area is 139 Å². The van der Waals surface area contributed by atoms with Crippen molar-refractivity contribution in [3.05, 3.63) is 29.3 Å². The Morgan fingerprint density at radius 1 is 1.09 bits per heavy atom. The van der Waals surface area contributed by atoms with E-state index in [2.05, 4.69) is 20.8 Å². The van der Waals surface area contributed by atoms with Gasteiger partial charge in [0.1, 0.15) is 0 Å². The van der Waals surface area contributed by atoms with Crippen molar-refractivity contribution in [2.75, 3.05) is 7.11 Å². The standard InChI is InChI=1S/C18H27BO4/c1-16(2,3)12-9-10-13(15(20)21-8)14(11-12)19-22-17(4,5)18(6,7)23-19/h9-11H,1-8H3. The third-order valence-corrected chi connectivity index (χ3v) is 4.83. The summed E-state index contributed by atoms with van der Waals surface area (Å²) < 4.78 is 17.2. The Hall–Kier alpha value is -1.33. The van der Waals surface area contributed by atoms with Crippen molar-refractivity contribution in [3.8, 4) is 0 Å². The van der Waals surface area contributed by atoms with Crippen LogP contribution in [0.4, 0.5) is 0 Å². The normalized spacial score (nSPS) is 19.7. The third kappa shape index (κ3) is 3.31. The van der Waals surface area contributed by atoms with E-state index in [1.807, 2.05) is 39.8 Å². The molecule has 1 aliphatic rings. The van der Waals surface area contributed by atoms with Crippen LogP contribution < -0.4 is 5.46 Å². The van der Waals surface area contributed by atoms with Gasteiger partial charge in [0.05, 0.1) is 23.9 Å². The molecule has 1 heterocycles. The molecule has 1 aromatic carbocycles. The van der Waals surface area contributed by atoms with Crippen LogP contribution in [0.15, 0.2) is 18.2 Å². The number of hydrogen-bond acceptors (Lipinski definition) is 4. The van der Waals surface area contributed by atoms with Gasteiger partial charge >= 0.3 is 13.1 Å². The lowest BCUT2D eigenvalue weighted by Gasteiger charge is -2.32. The number of hydrogen-bond donors (Lipinski definition) is 0. The zero-order chi connectivity index (χ0) is 17.6. The molecule has 1 aliphatic heterocycles. The SMILES string of the molecule is COC(=O)c1ccc(C(C)(C)C)cc1B1OC(C)(C)C(C)(C)O1. The smallest absolute Gasteiger partial charge is 0.465 e. The van der Waals surface area contributed by atoms with Crippen molar-refractivity contribution >= 4 is 18.6 Å². The average molecular weight is 318 g/mol. The van der Waals surface area contributed by atoms with Crippen molar-refractivity contribution in [3.63, 3.8) is 0 Å². The van der Waals surface area contributed by atoms with E-state index >= 15 is 0 Å². The Kier molecular flexibility index (Phi) is 4.42. The molecule has 1 saturated heterocycles. The largest absolute Gasteiger partial charge is 0.495 e. The number of esters is 1. The first-order valence-corrected chi connectivity index (χ1v) is 7.97. The first-order valence-electron chi connectivity index (χ1n) is 7.97. The van der Waals surface area contributed by atoms with Crippen molar-refractivity contribution < 1.29 is 18.8 Å². The van der Waals surface area contributed by atoms with E-state index in [1.165, 1.54) is 7.11 Å². The minimum absolute atomic E-state index is 0.0347. The highest BCUT2D eigenvalue weighted by Gasteiger charge is 2.52. The summed E-state index contributed by atoms with van der Waals surface area (Å²) in [5.41, 5.74) is 1.38. The summed E-state index contributed by atoms with van der Waals surface area (Å²) in [6.45, 7) is 14.4. The van der Waals surface area contributed by atoms with Gasteiger partial charge in [0.15, 0.2) is 0 Å². The molecule has 0 aromatic heterocycles. The summed E-state index contributed by atoms with van der Waals surface area (Å²) in [6, 6.07) is 5.75. The molecule has 0 aliphatic carbocycles. The molecule has 1 aromatic rings. The highest BCUT2D eigenvalue weighted by atomic mass is 16.7. The quantitative estimate of drug-likeness (QED) is 0.621. The minimum Gasteiger partial charge on any atom is -0.465 e. The van der Waals surface area contributed by atoms with E-state index in [1.54, 1.807) is 6.07 Å². The van der Waals surface area contributed by atoms with Crippen LogP contribution >= 0.6 is 0 Å². The lowest BCUT2D eigenvalue weighted by molar-refractivity contribution is 0.00578. The lowest BCUT2D eigenvalue weighted by Crippen LogP contribution is -2.41. The first kappa shape index (κ1) is 18.0. The fraction of sp³-hybridized carbons (Fsp3) is 0.611. The molecule has 1 fully saturated rings. The van der Waals surface area contributed by atoms with E-state index in [0.29, 0.717) is 5.56 Å². The van der Waals surface area contributed by atoms with Crippen LogP contribution in [0, 0.1) is 0 Å². The summed E-state index contributed by atoms with van der Waals surface area (Å²) >= 11 is 0. The molecular formula is C18H27BO4. The van der Waals surface area contributed by atoms with Crippen molar-refractivity contribution in [1.29, 1.82) is 0 Å². The molecule has 2 rings (SSSR count). The Balaban J connectivity index is 2.53. The molecule has 0 atom stereocenters. The van der Waals surface area contributed by atoms with Crippen molar-refractivity contribution in [2.45, 2.75) is 65.1 Å². The second-order valence-electron chi connectivity index (χ2n) is 8.13. The highest BCUT2D eigenvalue weighted by molar-refractivity contribution is 6.63. The van der Waals surface area contributed by atoms with Crippen LogP contribution in [0.25, 0.3) is 0 Å². The predicted molar refractivity (Wildman–Crippen MR) is 92.2 cm³/mol. The van der Waals surface area contributed by atoms with E-state index in [9.17, 15) is 4.79 Å². The van der Waals surface area contributed by atoms with Crippen LogP contribution in [-0.2, 0) is 19.5 Å². The van der Waals surface area contributed by atoms with Crippen molar-refractivity contribution in [1.82, 2.24) is 0 Å². The monoisotopic (exact) mass is 318 g/mol. The molecule has 0 radical (unpaired) electrons. The van der Waals surface area contributed by atoms with Gasteiger partial charge < -0.3 is 14.0 Å². The average Bonchev–Trinajstić information content (AvgIpc) is 2.65. The van der Waals surface area contributed by atoms with Gasteiger partial charge in [-0.2, -0.15) is 0 Å². The number of rotatable bonds is 2. The second-order valence-corrected chi connectivity index (χ2v) is 8.13. The molecule has 0 unspecified atom stereocenters. The van der Waals surface area contributed by atoms with Gasteiger partial charge in [-0.1, -0.05) is 32.9 Å². The van der Waals surface area contributed by atoms with Crippen LogP contribution in [0.1, 0.15) is 64.4 Å². The first-order chi connectivity index (χ1) is 10.4. The number of carbonyl (C=O) groups excluding carboxylic acids is 1. The van der Waals surface area contributed by atoms with Crippen molar-refractivity contribution in [2.24, 2.45) is 0 Å². The predicted octanol–water partition coefficient (Wildman–Crippen LogP) is 3.07. The molecule has 4 nitrogen and oxygen atoms in total. The van der Waals surface area contributed by atoms with E-state index in [-0.39, 0.29) is 11.4 Å². The van der Waals surface area contributed by atoms with Crippen LogP contribution in [0.2, 0.25) is 0 Å². The molecule has 23 heavy (non-hydrogen) atoms. The summed E-state index contributed by atoms with van der Waals surface area (Å²) in [5, 5.41) is 0.